The topological polar surface area (TPSA) is 79.6 Å². The Morgan fingerprint density at radius 1 is 1.25 bits per heavy atom. The van der Waals surface area contributed by atoms with E-state index in [0.29, 0.717) is 5.69 Å². The van der Waals surface area contributed by atoms with E-state index in [1.54, 1.807) is 12.5 Å². The van der Waals surface area contributed by atoms with E-state index >= 15 is 0 Å². The monoisotopic (exact) mass is 267 g/mol. The molecule has 2 aromatic heterocycles. The van der Waals surface area contributed by atoms with Crippen molar-refractivity contribution in [2.24, 2.45) is 0 Å². The standard InChI is InChI=1S/C15H17N5/c1-10-6-12(16)8-18-15(10)17-5-4-11-2-3-13-14(7-11)20-9-19-13/h2-3,6-9H,4-5,16H2,1H3,(H,17,18)(H,19,20). The Morgan fingerprint density at radius 3 is 3.00 bits per heavy atom. The highest BCUT2D eigenvalue weighted by Gasteiger charge is 2.01. The predicted octanol–water partition coefficient (Wildman–Crippen LogP) is 2.50. The molecule has 20 heavy (non-hydrogen) atoms. The zero-order valence-corrected chi connectivity index (χ0v) is 11.4. The molecule has 4 N–H and O–H groups in total. The van der Waals surface area contributed by atoms with Crippen molar-refractivity contribution in [1.82, 2.24) is 15.0 Å². The lowest BCUT2D eigenvalue weighted by molar-refractivity contribution is 1.00. The van der Waals surface area contributed by atoms with Crippen LogP contribution in [0.4, 0.5) is 11.5 Å². The first kappa shape index (κ1) is 12.5. The summed E-state index contributed by atoms with van der Waals surface area (Å²) in [5.74, 6) is 0.891. The zero-order chi connectivity index (χ0) is 13.9. The molecule has 0 spiro atoms. The number of fused-ring (bicyclic) bond motifs is 1. The van der Waals surface area contributed by atoms with Crippen molar-refractivity contribution in [1.29, 1.82) is 0 Å². The van der Waals surface area contributed by atoms with E-state index in [2.05, 4.69) is 32.4 Å². The fourth-order valence-electron chi connectivity index (χ4n) is 2.25. The van der Waals surface area contributed by atoms with Crippen molar-refractivity contribution >= 4 is 22.5 Å². The van der Waals surface area contributed by atoms with Gasteiger partial charge in [-0.15, -0.1) is 0 Å². The van der Waals surface area contributed by atoms with Gasteiger partial charge in [0.15, 0.2) is 0 Å². The Labute approximate surface area is 117 Å². The number of nitrogens with one attached hydrogen (secondary N) is 2. The third kappa shape index (κ3) is 2.56. The van der Waals surface area contributed by atoms with E-state index < -0.39 is 0 Å². The van der Waals surface area contributed by atoms with E-state index in [1.165, 1.54) is 5.56 Å². The van der Waals surface area contributed by atoms with Crippen LogP contribution < -0.4 is 11.1 Å². The summed E-state index contributed by atoms with van der Waals surface area (Å²) in [5.41, 5.74) is 10.8. The lowest BCUT2D eigenvalue weighted by Crippen LogP contribution is -2.08. The molecule has 5 nitrogen and oxygen atoms in total. The molecule has 0 saturated carbocycles. The molecule has 3 aromatic rings. The van der Waals surface area contributed by atoms with Gasteiger partial charge in [-0.2, -0.15) is 0 Å². The summed E-state index contributed by atoms with van der Waals surface area (Å²) in [6, 6.07) is 8.20. The van der Waals surface area contributed by atoms with Crippen molar-refractivity contribution in [2.45, 2.75) is 13.3 Å². The molecule has 0 aliphatic heterocycles. The Balaban J connectivity index is 1.64. The maximum atomic E-state index is 5.69. The molecule has 102 valence electrons. The maximum absolute atomic E-state index is 5.69. The van der Waals surface area contributed by atoms with Gasteiger partial charge in [0, 0.05) is 6.54 Å². The maximum Gasteiger partial charge on any atom is 0.129 e. The third-order valence-electron chi connectivity index (χ3n) is 3.29. The summed E-state index contributed by atoms with van der Waals surface area (Å²) in [4.78, 5) is 11.6. The zero-order valence-electron chi connectivity index (χ0n) is 11.4. The molecule has 0 aliphatic rings. The Bertz CT molecular complexity index is 732. The molecule has 0 atom stereocenters. The Morgan fingerprint density at radius 2 is 2.15 bits per heavy atom. The Hall–Kier alpha value is -2.56. The molecule has 0 radical (unpaired) electrons. The second-order valence-electron chi connectivity index (χ2n) is 4.86. The average Bonchev–Trinajstić information content (AvgIpc) is 2.89. The minimum atomic E-state index is 0.692. The lowest BCUT2D eigenvalue weighted by Gasteiger charge is -2.09. The Kier molecular flexibility index (Phi) is 3.25. The number of aromatic nitrogens is 3. The first-order chi connectivity index (χ1) is 9.72. The smallest absolute Gasteiger partial charge is 0.129 e. The number of hydrogen-bond donors (Lipinski definition) is 3. The molecular weight excluding hydrogens is 250 g/mol. The number of aromatic amines is 1. The van der Waals surface area contributed by atoms with Crippen LogP contribution in [-0.4, -0.2) is 21.5 Å². The van der Waals surface area contributed by atoms with Crippen molar-refractivity contribution < 1.29 is 0 Å². The minimum Gasteiger partial charge on any atom is -0.397 e. The van der Waals surface area contributed by atoms with Crippen LogP contribution in [0.1, 0.15) is 11.1 Å². The van der Waals surface area contributed by atoms with Crippen LogP contribution in [0.25, 0.3) is 11.0 Å². The SMILES string of the molecule is Cc1cc(N)cnc1NCCc1ccc2nc[nH]c2c1. The summed E-state index contributed by atoms with van der Waals surface area (Å²) in [6.45, 7) is 2.83. The van der Waals surface area contributed by atoms with E-state index in [1.807, 2.05) is 19.1 Å². The third-order valence-corrected chi connectivity index (χ3v) is 3.29. The second kappa shape index (κ2) is 5.21. The molecular formula is C15H17N5. The van der Waals surface area contributed by atoms with E-state index in [9.17, 15) is 0 Å². The van der Waals surface area contributed by atoms with Crippen molar-refractivity contribution in [3.8, 4) is 0 Å². The lowest BCUT2D eigenvalue weighted by atomic mass is 10.1. The molecule has 0 fully saturated rings. The van der Waals surface area contributed by atoms with Crippen molar-refractivity contribution in [3.63, 3.8) is 0 Å². The molecule has 0 unspecified atom stereocenters. The van der Waals surface area contributed by atoms with E-state index in [0.717, 1.165) is 35.4 Å². The van der Waals surface area contributed by atoms with Gasteiger partial charge in [0.05, 0.1) is 29.2 Å². The van der Waals surface area contributed by atoms with Gasteiger partial charge in [-0.25, -0.2) is 9.97 Å². The molecule has 0 aliphatic carbocycles. The fraction of sp³-hybridized carbons (Fsp3) is 0.200. The molecule has 0 amide bonds. The number of nitrogens with zero attached hydrogens (tertiary/aromatic N) is 2. The van der Waals surface area contributed by atoms with Gasteiger partial charge >= 0.3 is 0 Å². The van der Waals surface area contributed by atoms with Gasteiger partial charge in [0.1, 0.15) is 5.82 Å². The van der Waals surface area contributed by atoms with Crippen molar-refractivity contribution in [2.75, 3.05) is 17.6 Å². The van der Waals surface area contributed by atoms with Crippen LogP contribution in [0.2, 0.25) is 0 Å². The summed E-state index contributed by atoms with van der Waals surface area (Å²) in [7, 11) is 0. The number of H-pyrrole nitrogens is 1. The normalized spacial score (nSPS) is 10.8. The van der Waals surface area contributed by atoms with Crippen LogP contribution >= 0.6 is 0 Å². The van der Waals surface area contributed by atoms with Gasteiger partial charge in [-0.1, -0.05) is 6.07 Å². The van der Waals surface area contributed by atoms with Gasteiger partial charge in [-0.05, 0) is 42.7 Å². The summed E-state index contributed by atoms with van der Waals surface area (Å²) >= 11 is 0. The minimum absolute atomic E-state index is 0.692. The predicted molar refractivity (Wildman–Crippen MR) is 81.7 cm³/mol. The molecule has 0 saturated heterocycles. The van der Waals surface area contributed by atoms with Crippen LogP contribution in [0.3, 0.4) is 0 Å². The number of nitrogens with two attached hydrogens (primary N) is 1. The van der Waals surface area contributed by atoms with Gasteiger partial charge in [0.25, 0.3) is 0 Å². The highest BCUT2D eigenvalue weighted by Crippen LogP contribution is 2.15. The first-order valence-corrected chi connectivity index (χ1v) is 6.60. The fourth-order valence-corrected chi connectivity index (χ4v) is 2.25. The number of pyridine rings is 1. The van der Waals surface area contributed by atoms with Gasteiger partial charge < -0.3 is 16.0 Å². The largest absolute Gasteiger partial charge is 0.397 e. The van der Waals surface area contributed by atoms with Crippen molar-refractivity contribution in [3.05, 3.63) is 47.9 Å². The summed E-state index contributed by atoms with van der Waals surface area (Å²) in [6.07, 6.45) is 4.32. The number of benzene rings is 1. The van der Waals surface area contributed by atoms with Gasteiger partial charge in [0.2, 0.25) is 0 Å². The van der Waals surface area contributed by atoms with Crippen LogP contribution in [0, 0.1) is 6.92 Å². The second-order valence-corrected chi connectivity index (χ2v) is 4.86. The quantitative estimate of drug-likeness (QED) is 0.678. The number of rotatable bonds is 4. The number of nitrogen functional groups attached to an aromatic ring is 1. The number of anilines is 2. The molecule has 5 heteroatoms. The average molecular weight is 267 g/mol. The summed E-state index contributed by atoms with van der Waals surface area (Å²) in [5, 5.41) is 3.34. The first-order valence-electron chi connectivity index (χ1n) is 6.60. The van der Waals surface area contributed by atoms with Crippen LogP contribution in [0.15, 0.2) is 36.8 Å². The number of imidazole rings is 1. The van der Waals surface area contributed by atoms with Crippen LogP contribution in [-0.2, 0) is 6.42 Å². The number of hydrogen-bond acceptors (Lipinski definition) is 4. The molecule has 0 bridgehead atoms. The number of aryl methyl sites for hydroxylation is 1. The van der Waals surface area contributed by atoms with E-state index in [-0.39, 0.29) is 0 Å². The highest BCUT2D eigenvalue weighted by molar-refractivity contribution is 5.75. The molecule has 1 aromatic carbocycles. The van der Waals surface area contributed by atoms with E-state index in [4.69, 9.17) is 5.73 Å². The van der Waals surface area contributed by atoms with Crippen LogP contribution in [0.5, 0.6) is 0 Å². The molecule has 3 rings (SSSR count). The molecule has 2 heterocycles. The summed E-state index contributed by atoms with van der Waals surface area (Å²) < 4.78 is 0. The highest BCUT2D eigenvalue weighted by atomic mass is 15.0. The van der Waals surface area contributed by atoms with Gasteiger partial charge in [-0.3, -0.25) is 0 Å².